The number of aryl methyl sites for hydroxylation is 1. The molecule has 3 aromatic rings. The van der Waals surface area contributed by atoms with Gasteiger partial charge in [0.15, 0.2) is 0 Å². The Kier molecular flexibility index (Phi) is 4.93. The molecule has 30 heavy (non-hydrogen) atoms. The highest BCUT2D eigenvalue weighted by molar-refractivity contribution is 5.61. The number of fused-ring (bicyclic) bond motifs is 3. The van der Waals surface area contributed by atoms with Crippen LogP contribution in [-0.2, 0) is 6.54 Å². The summed E-state index contributed by atoms with van der Waals surface area (Å²) in [5, 5.41) is 0. The van der Waals surface area contributed by atoms with Gasteiger partial charge < -0.3 is 9.64 Å². The average Bonchev–Trinajstić information content (AvgIpc) is 3.19. The fourth-order valence-corrected chi connectivity index (χ4v) is 4.72. The number of anilines is 1. The Labute approximate surface area is 176 Å². The predicted octanol–water partition coefficient (Wildman–Crippen LogP) is 4.67. The minimum atomic E-state index is -0.207. The maximum atomic E-state index is 13.5. The number of hydrogen-bond acceptors (Lipinski definition) is 4. The number of hydrogen-bond donors (Lipinski definition) is 2. The number of methoxy groups -OCH3 is 1. The molecule has 0 amide bonds. The second-order valence-corrected chi connectivity index (χ2v) is 8.25. The highest BCUT2D eigenvalue weighted by atomic mass is 19.1. The Morgan fingerprint density at radius 2 is 1.70 bits per heavy atom. The molecule has 0 spiro atoms. The summed E-state index contributed by atoms with van der Waals surface area (Å²) in [4.78, 5) is 2.45. The van der Waals surface area contributed by atoms with Crippen molar-refractivity contribution < 1.29 is 9.13 Å². The number of nitrogens with one attached hydrogen (secondary N) is 2. The lowest BCUT2D eigenvalue weighted by atomic mass is 9.82. The van der Waals surface area contributed by atoms with Crippen molar-refractivity contribution in [2.45, 2.75) is 25.6 Å². The van der Waals surface area contributed by atoms with Crippen molar-refractivity contribution in [1.82, 2.24) is 10.9 Å². The molecule has 154 valence electrons. The first-order chi connectivity index (χ1) is 14.6. The smallest absolute Gasteiger partial charge is 0.123 e. The first kappa shape index (κ1) is 19.1. The number of rotatable bonds is 4. The molecular formula is C25H26FN3O. The molecule has 0 aliphatic carbocycles. The van der Waals surface area contributed by atoms with Gasteiger partial charge in [-0.1, -0.05) is 42.0 Å². The zero-order chi connectivity index (χ0) is 20.7. The molecule has 1 fully saturated rings. The van der Waals surface area contributed by atoms with Crippen LogP contribution in [0, 0.1) is 18.7 Å². The van der Waals surface area contributed by atoms with E-state index in [0.29, 0.717) is 5.92 Å². The summed E-state index contributed by atoms with van der Waals surface area (Å²) < 4.78 is 19.0. The lowest BCUT2D eigenvalue weighted by Gasteiger charge is -2.39. The molecule has 2 aliphatic heterocycles. The number of ether oxygens (including phenoxy) is 1. The van der Waals surface area contributed by atoms with Gasteiger partial charge in [0, 0.05) is 24.7 Å². The van der Waals surface area contributed by atoms with Gasteiger partial charge in [-0.3, -0.25) is 0 Å². The molecule has 4 nitrogen and oxygen atoms in total. The van der Waals surface area contributed by atoms with E-state index in [1.54, 1.807) is 7.11 Å². The first-order valence-corrected chi connectivity index (χ1v) is 10.4. The van der Waals surface area contributed by atoms with E-state index in [9.17, 15) is 4.39 Å². The number of benzene rings is 3. The van der Waals surface area contributed by atoms with Gasteiger partial charge in [-0.05, 0) is 53.9 Å². The Balaban J connectivity index is 1.51. The Bertz CT molecular complexity index is 1040. The SMILES string of the molecule is COc1ccc2c(c1)C1NNC(c3ccc(F)cc3)C1CN2Cc1ccc(C)cc1. The lowest BCUT2D eigenvalue weighted by molar-refractivity contribution is 0.393. The van der Waals surface area contributed by atoms with E-state index >= 15 is 0 Å². The molecule has 3 unspecified atom stereocenters. The maximum Gasteiger partial charge on any atom is 0.123 e. The van der Waals surface area contributed by atoms with E-state index in [2.05, 4.69) is 59.1 Å². The van der Waals surface area contributed by atoms with Gasteiger partial charge in [0.25, 0.3) is 0 Å². The second kappa shape index (κ2) is 7.74. The van der Waals surface area contributed by atoms with Crippen LogP contribution < -0.4 is 20.5 Å². The summed E-state index contributed by atoms with van der Waals surface area (Å²) in [6, 6.07) is 22.2. The van der Waals surface area contributed by atoms with Gasteiger partial charge in [-0.2, -0.15) is 0 Å². The molecule has 3 atom stereocenters. The third kappa shape index (κ3) is 3.44. The topological polar surface area (TPSA) is 36.5 Å². The molecule has 0 bridgehead atoms. The van der Waals surface area contributed by atoms with Crippen LogP contribution in [-0.4, -0.2) is 13.7 Å². The minimum absolute atomic E-state index is 0.107. The molecule has 3 aromatic carbocycles. The van der Waals surface area contributed by atoms with E-state index in [4.69, 9.17) is 4.74 Å². The van der Waals surface area contributed by atoms with Gasteiger partial charge in [0.1, 0.15) is 11.6 Å². The molecule has 0 saturated carbocycles. The van der Waals surface area contributed by atoms with Crippen molar-refractivity contribution >= 4 is 5.69 Å². The van der Waals surface area contributed by atoms with Crippen LogP contribution in [0.4, 0.5) is 10.1 Å². The fraction of sp³-hybridized carbons (Fsp3) is 0.280. The van der Waals surface area contributed by atoms with Crippen LogP contribution >= 0.6 is 0 Å². The van der Waals surface area contributed by atoms with Gasteiger partial charge in [-0.15, -0.1) is 0 Å². The Morgan fingerprint density at radius 3 is 2.43 bits per heavy atom. The van der Waals surface area contributed by atoms with Crippen molar-refractivity contribution in [1.29, 1.82) is 0 Å². The molecule has 2 heterocycles. The third-order valence-electron chi connectivity index (χ3n) is 6.32. The van der Waals surface area contributed by atoms with Gasteiger partial charge >= 0.3 is 0 Å². The standard InChI is InChI=1S/C25H26FN3O/c1-16-3-5-17(6-4-16)14-29-15-22-24(18-7-9-19(26)10-8-18)27-28-25(22)21-13-20(30-2)11-12-23(21)29/h3-13,22,24-25,27-28H,14-15H2,1-2H3. The van der Waals surface area contributed by atoms with Crippen LogP contribution in [0.1, 0.15) is 34.3 Å². The van der Waals surface area contributed by atoms with Crippen molar-refractivity contribution in [2.24, 2.45) is 5.92 Å². The number of hydrazine groups is 1. The highest BCUT2D eigenvalue weighted by Gasteiger charge is 2.43. The van der Waals surface area contributed by atoms with Gasteiger partial charge in [0.05, 0.1) is 19.2 Å². The van der Waals surface area contributed by atoms with Crippen LogP contribution in [0.3, 0.4) is 0 Å². The predicted molar refractivity (Wildman–Crippen MR) is 117 cm³/mol. The van der Waals surface area contributed by atoms with Crippen LogP contribution in [0.5, 0.6) is 5.75 Å². The summed E-state index contributed by atoms with van der Waals surface area (Å²) >= 11 is 0. The summed E-state index contributed by atoms with van der Waals surface area (Å²) in [5.74, 6) is 0.957. The van der Waals surface area contributed by atoms with Crippen LogP contribution in [0.2, 0.25) is 0 Å². The molecule has 0 radical (unpaired) electrons. The molecular weight excluding hydrogens is 377 g/mol. The van der Waals surface area contributed by atoms with Crippen molar-refractivity contribution in [3.05, 3.63) is 94.8 Å². The van der Waals surface area contributed by atoms with E-state index < -0.39 is 0 Å². The van der Waals surface area contributed by atoms with Crippen molar-refractivity contribution in [3.63, 3.8) is 0 Å². The van der Waals surface area contributed by atoms with Gasteiger partial charge in [0.2, 0.25) is 0 Å². The van der Waals surface area contributed by atoms with E-state index in [0.717, 1.165) is 24.4 Å². The number of nitrogens with zero attached hydrogens (tertiary/aromatic N) is 1. The van der Waals surface area contributed by atoms with Crippen molar-refractivity contribution in [3.8, 4) is 5.75 Å². The van der Waals surface area contributed by atoms with Crippen molar-refractivity contribution in [2.75, 3.05) is 18.6 Å². The number of halogens is 1. The van der Waals surface area contributed by atoms with Crippen LogP contribution in [0.25, 0.3) is 0 Å². The minimum Gasteiger partial charge on any atom is -0.497 e. The lowest BCUT2D eigenvalue weighted by Crippen LogP contribution is -2.39. The normalized spacial score (nSPS) is 22.5. The third-order valence-corrected chi connectivity index (χ3v) is 6.32. The summed E-state index contributed by atoms with van der Waals surface area (Å²) in [5.41, 5.74) is 13.1. The molecule has 1 saturated heterocycles. The summed E-state index contributed by atoms with van der Waals surface area (Å²) in [7, 11) is 1.70. The Morgan fingerprint density at radius 1 is 0.967 bits per heavy atom. The van der Waals surface area contributed by atoms with Crippen LogP contribution in [0.15, 0.2) is 66.7 Å². The molecule has 2 N–H and O–H groups in total. The zero-order valence-corrected chi connectivity index (χ0v) is 17.2. The summed E-state index contributed by atoms with van der Waals surface area (Å²) in [6.45, 7) is 3.86. The van der Waals surface area contributed by atoms with E-state index in [1.165, 1.54) is 34.5 Å². The second-order valence-electron chi connectivity index (χ2n) is 8.25. The van der Waals surface area contributed by atoms with Gasteiger partial charge in [-0.25, -0.2) is 15.2 Å². The quantitative estimate of drug-likeness (QED) is 0.664. The molecule has 5 heteroatoms. The highest BCUT2D eigenvalue weighted by Crippen LogP contribution is 2.46. The van der Waals surface area contributed by atoms with E-state index in [1.807, 2.05) is 18.2 Å². The molecule has 2 aliphatic rings. The monoisotopic (exact) mass is 403 g/mol. The molecule has 0 aromatic heterocycles. The maximum absolute atomic E-state index is 13.5. The molecule has 5 rings (SSSR count). The zero-order valence-electron chi connectivity index (χ0n) is 17.2. The summed E-state index contributed by atoms with van der Waals surface area (Å²) in [6.07, 6.45) is 0. The van der Waals surface area contributed by atoms with E-state index in [-0.39, 0.29) is 17.9 Å². The Hall–Kier alpha value is -2.89. The average molecular weight is 404 g/mol. The largest absolute Gasteiger partial charge is 0.497 e. The first-order valence-electron chi connectivity index (χ1n) is 10.4. The fourth-order valence-electron chi connectivity index (χ4n) is 4.72.